The number of benzene rings is 1. The zero-order chi connectivity index (χ0) is 14.8. The number of nitrogens with one attached hydrogen (secondary N) is 1. The standard InChI is InChI=1S/C16H18ClFN2S.ClH/c1-11-2-3-12(10-13(11)18)16(14-4-5-15(17)21-14)20-8-6-19-7-9-20;/h2-5,10,16,19H,6-9H2,1H3;1H/t16-;/m1./s1. The van der Waals surface area contributed by atoms with Gasteiger partial charge in [-0.05, 0) is 36.2 Å². The largest absolute Gasteiger partial charge is 0.314 e. The Morgan fingerprint density at radius 2 is 1.95 bits per heavy atom. The molecule has 1 aromatic heterocycles. The average molecular weight is 361 g/mol. The molecule has 0 unspecified atom stereocenters. The lowest BCUT2D eigenvalue weighted by Gasteiger charge is -2.34. The average Bonchev–Trinajstić information content (AvgIpc) is 2.90. The molecule has 0 aliphatic carbocycles. The summed E-state index contributed by atoms with van der Waals surface area (Å²) in [6.07, 6.45) is 0. The van der Waals surface area contributed by atoms with Gasteiger partial charge in [-0.15, -0.1) is 23.7 Å². The summed E-state index contributed by atoms with van der Waals surface area (Å²) in [6.45, 7) is 5.63. The van der Waals surface area contributed by atoms with E-state index >= 15 is 0 Å². The van der Waals surface area contributed by atoms with Crippen LogP contribution < -0.4 is 5.32 Å². The molecular weight excluding hydrogens is 342 g/mol. The summed E-state index contributed by atoms with van der Waals surface area (Å²) >= 11 is 7.68. The van der Waals surface area contributed by atoms with Crippen LogP contribution in [-0.4, -0.2) is 31.1 Å². The van der Waals surface area contributed by atoms with Crippen molar-refractivity contribution in [3.63, 3.8) is 0 Å². The van der Waals surface area contributed by atoms with Gasteiger partial charge >= 0.3 is 0 Å². The van der Waals surface area contributed by atoms with E-state index in [0.717, 1.165) is 36.1 Å². The molecule has 1 fully saturated rings. The second-order valence-electron chi connectivity index (χ2n) is 5.34. The maximum Gasteiger partial charge on any atom is 0.126 e. The second-order valence-corrected chi connectivity index (χ2v) is 7.09. The van der Waals surface area contributed by atoms with Gasteiger partial charge in [-0.1, -0.05) is 23.7 Å². The van der Waals surface area contributed by atoms with E-state index in [1.807, 2.05) is 18.2 Å². The maximum atomic E-state index is 14.0. The van der Waals surface area contributed by atoms with Gasteiger partial charge < -0.3 is 5.32 Å². The van der Waals surface area contributed by atoms with Crippen LogP contribution in [0.2, 0.25) is 4.34 Å². The van der Waals surface area contributed by atoms with Crippen LogP contribution in [0.4, 0.5) is 4.39 Å². The van der Waals surface area contributed by atoms with E-state index in [0.29, 0.717) is 5.56 Å². The van der Waals surface area contributed by atoms with Crippen molar-refractivity contribution in [2.24, 2.45) is 0 Å². The van der Waals surface area contributed by atoms with Gasteiger partial charge in [0.05, 0.1) is 10.4 Å². The number of hydrogen-bond donors (Lipinski definition) is 1. The molecule has 0 radical (unpaired) electrons. The van der Waals surface area contributed by atoms with E-state index in [4.69, 9.17) is 11.6 Å². The number of thiophene rings is 1. The lowest BCUT2D eigenvalue weighted by atomic mass is 10.0. The van der Waals surface area contributed by atoms with Gasteiger partial charge in [0.1, 0.15) is 5.82 Å². The smallest absolute Gasteiger partial charge is 0.126 e. The third-order valence-corrected chi connectivity index (χ3v) is 5.18. The minimum Gasteiger partial charge on any atom is -0.314 e. The van der Waals surface area contributed by atoms with Gasteiger partial charge in [0.2, 0.25) is 0 Å². The maximum absolute atomic E-state index is 14.0. The molecule has 2 nitrogen and oxygen atoms in total. The lowest BCUT2D eigenvalue weighted by molar-refractivity contribution is 0.200. The van der Waals surface area contributed by atoms with Crippen LogP contribution in [0.5, 0.6) is 0 Å². The SMILES string of the molecule is Cc1ccc([C@H](c2ccc(Cl)s2)N2CCNCC2)cc1F.Cl. The van der Waals surface area contributed by atoms with Crippen LogP contribution in [0.3, 0.4) is 0 Å². The number of halogens is 3. The fourth-order valence-corrected chi connectivity index (χ4v) is 3.97. The molecule has 1 N–H and O–H groups in total. The Balaban J connectivity index is 0.00000176. The molecule has 0 bridgehead atoms. The Hall–Kier alpha value is -0.650. The summed E-state index contributed by atoms with van der Waals surface area (Å²) in [4.78, 5) is 3.56. The van der Waals surface area contributed by atoms with Crippen molar-refractivity contribution in [1.82, 2.24) is 10.2 Å². The predicted molar refractivity (Wildman–Crippen MR) is 94.0 cm³/mol. The topological polar surface area (TPSA) is 15.3 Å². The van der Waals surface area contributed by atoms with Gasteiger partial charge in [0, 0.05) is 31.1 Å². The first kappa shape index (κ1) is 17.7. The highest BCUT2D eigenvalue weighted by Gasteiger charge is 2.25. The van der Waals surface area contributed by atoms with Crippen molar-refractivity contribution >= 4 is 35.3 Å². The quantitative estimate of drug-likeness (QED) is 0.879. The molecule has 120 valence electrons. The van der Waals surface area contributed by atoms with E-state index in [1.165, 1.54) is 4.88 Å². The van der Waals surface area contributed by atoms with Crippen LogP contribution in [0, 0.1) is 12.7 Å². The molecule has 0 saturated carbocycles. The van der Waals surface area contributed by atoms with E-state index < -0.39 is 0 Å². The van der Waals surface area contributed by atoms with Crippen molar-refractivity contribution < 1.29 is 4.39 Å². The van der Waals surface area contributed by atoms with E-state index in [2.05, 4.69) is 16.3 Å². The Morgan fingerprint density at radius 3 is 2.55 bits per heavy atom. The summed E-state index contributed by atoms with van der Waals surface area (Å²) in [5.41, 5.74) is 1.68. The second kappa shape index (κ2) is 7.75. The first-order chi connectivity index (χ1) is 10.1. The van der Waals surface area contributed by atoms with Crippen molar-refractivity contribution in [2.75, 3.05) is 26.2 Å². The summed E-state index contributed by atoms with van der Waals surface area (Å²) in [5, 5.41) is 3.36. The van der Waals surface area contributed by atoms with Gasteiger partial charge in [-0.25, -0.2) is 4.39 Å². The van der Waals surface area contributed by atoms with Crippen molar-refractivity contribution in [1.29, 1.82) is 0 Å². The first-order valence-corrected chi connectivity index (χ1v) is 8.30. The number of hydrogen-bond acceptors (Lipinski definition) is 3. The lowest BCUT2D eigenvalue weighted by Crippen LogP contribution is -2.45. The molecule has 6 heteroatoms. The summed E-state index contributed by atoms with van der Waals surface area (Å²) in [5.74, 6) is -0.143. The number of aryl methyl sites for hydroxylation is 1. The van der Waals surface area contributed by atoms with Gasteiger partial charge in [0.25, 0.3) is 0 Å². The summed E-state index contributed by atoms with van der Waals surface area (Å²) < 4.78 is 14.7. The molecule has 22 heavy (non-hydrogen) atoms. The molecule has 1 aliphatic rings. The monoisotopic (exact) mass is 360 g/mol. The highest BCUT2D eigenvalue weighted by Crippen LogP contribution is 2.35. The fourth-order valence-electron chi connectivity index (χ4n) is 2.75. The normalized spacial score (nSPS) is 17.0. The van der Waals surface area contributed by atoms with Crippen molar-refractivity contribution in [3.8, 4) is 0 Å². The van der Waals surface area contributed by atoms with Crippen LogP contribution in [0.25, 0.3) is 0 Å². The Labute approximate surface area is 145 Å². The molecule has 1 saturated heterocycles. The number of nitrogens with zero attached hydrogens (tertiary/aromatic N) is 1. The van der Waals surface area contributed by atoms with Crippen LogP contribution in [-0.2, 0) is 0 Å². The molecule has 1 aromatic carbocycles. The minimum absolute atomic E-state index is 0. The molecule has 2 aromatic rings. The third-order valence-electron chi connectivity index (χ3n) is 3.89. The molecule has 0 spiro atoms. The molecule has 1 aliphatic heterocycles. The zero-order valence-electron chi connectivity index (χ0n) is 12.3. The van der Waals surface area contributed by atoms with E-state index in [1.54, 1.807) is 24.3 Å². The van der Waals surface area contributed by atoms with Crippen molar-refractivity contribution in [2.45, 2.75) is 13.0 Å². The van der Waals surface area contributed by atoms with Crippen molar-refractivity contribution in [3.05, 3.63) is 56.5 Å². The molecule has 2 heterocycles. The fraction of sp³-hybridized carbons (Fsp3) is 0.375. The van der Waals surface area contributed by atoms with E-state index in [9.17, 15) is 4.39 Å². The number of rotatable bonds is 3. The zero-order valence-corrected chi connectivity index (χ0v) is 14.7. The molecule has 0 amide bonds. The molecule has 1 atom stereocenters. The van der Waals surface area contributed by atoms with Crippen LogP contribution in [0.1, 0.15) is 22.0 Å². The van der Waals surface area contributed by atoms with Gasteiger partial charge in [0.15, 0.2) is 0 Å². The highest BCUT2D eigenvalue weighted by molar-refractivity contribution is 7.16. The Kier molecular flexibility index (Phi) is 6.24. The molecule has 3 rings (SSSR count). The minimum atomic E-state index is -0.143. The van der Waals surface area contributed by atoms with Crippen LogP contribution >= 0.6 is 35.3 Å². The molecular formula is C16H19Cl2FN2S. The summed E-state index contributed by atoms with van der Waals surface area (Å²) in [7, 11) is 0. The van der Waals surface area contributed by atoms with Gasteiger partial charge in [-0.2, -0.15) is 0 Å². The number of piperazine rings is 1. The highest BCUT2D eigenvalue weighted by atomic mass is 35.5. The van der Waals surface area contributed by atoms with Crippen LogP contribution in [0.15, 0.2) is 30.3 Å². The summed E-state index contributed by atoms with van der Waals surface area (Å²) in [6, 6.07) is 9.60. The first-order valence-electron chi connectivity index (χ1n) is 7.11. The van der Waals surface area contributed by atoms with Gasteiger partial charge in [-0.3, -0.25) is 4.90 Å². The Bertz CT molecular complexity index is 626. The predicted octanol–water partition coefficient (Wildman–Crippen LogP) is 4.27. The third kappa shape index (κ3) is 3.81. The Morgan fingerprint density at radius 1 is 1.23 bits per heavy atom. The van der Waals surface area contributed by atoms with E-state index in [-0.39, 0.29) is 24.3 Å².